The smallest absolute Gasteiger partial charge is 0.261 e. The Balaban J connectivity index is 1.81. The number of carbonyl (C=O) groups excluding carboxylic acids is 1. The molecule has 2 aromatic carbocycles. The van der Waals surface area contributed by atoms with Crippen LogP contribution < -0.4 is 10.0 Å². The van der Waals surface area contributed by atoms with Crippen LogP contribution in [0.25, 0.3) is 0 Å². The van der Waals surface area contributed by atoms with Crippen LogP contribution in [-0.2, 0) is 10.0 Å². The molecule has 3 aromatic rings. The molecule has 0 aliphatic heterocycles. The average molecular weight is 392 g/mol. The van der Waals surface area contributed by atoms with Crippen molar-refractivity contribution in [3.63, 3.8) is 0 Å². The van der Waals surface area contributed by atoms with Crippen molar-refractivity contribution in [1.29, 1.82) is 0 Å². The van der Waals surface area contributed by atoms with Crippen LogP contribution in [0, 0.1) is 6.92 Å². The van der Waals surface area contributed by atoms with Crippen LogP contribution in [0.3, 0.4) is 0 Å². The molecular weight excluding hydrogens is 378 g/mol. The predicted molar refractivity (Wildman–Crippen MR) is 97.9 cm³/mol. The summed E-state index contributed by atoms with van der Waals surface area (Å²) in [7, 11) is -3.86. The zero-order chi connectivity index (χ0) is 18.7. The van der Waals surface area contributed by atoms with Gasteiger partial charge in [0.1, 0.15) is 5.76 Å². The molecule has 0 bridgehead atoms. The molecule has 0 aliphatic carbocycles. The van der Waals surface area contributed by atoms with Crippen LogP contribution in [-0.4, -0.2) is 19.5 Å². The van der Waals surface area contributed by atoms with E-state index in [2.05, 4.69) is 15.2 Å². The van der Waals surface area contributed by atoms with Crippen LogP contribution in [0.2, 0.25) is 5.02 Å². The first-order chi connectivity index (χ1) is 12.3. The molecule has 1 aromatic heterocycles. The predicted octanol–water partition coefficient (Wildman–Crippen LogP) is 3.69. The number of rotatable bonds is 5. The molecule has 0 aliphatic rings. The van der Waals surface area contributed by atoms with Crippen LogP contribution in [0.5, 0.6) is 0 Å². The molecule has 0 saturated heterocycles. The van der Waals surface area contributed by atoms with Gasteiger partial charge in [0.25, 0.3) is 15.9 Å². The summed E-state index contributed by atoms with van der Waals surface area (Å²) in [5, 5.41) is 6.70. The van der Waals surface area contributed by atoms with Crippen LogP contribution in [0.15, 0.2) is 64.0 Å². The van der Waals surface area contributed by atoms with Crippen molar-refractivity contribution >= 4 is 39.0 Å². The van der Waals surface area contributed by atoms with Crippen LogP contribution in [0.4, 0.5) is 11.5 Å². The Bertz CT molecular complexity index is 1050. The highest BCUT2D eigenvalue weighted by Gasteiger charge is 2.17. The lowest BCUT2D eigenvalue weighted by Crippen LogP contribution is -2.16. The second kappa shape index (κ2) is 7.19. The molecule has 0 saturated carbocycles. The Hall–Kier alpha value is -2.84. The minimum absolute atomic E-state index is 0.0450. The molecule has 0 fully saturated rings. The van der Waals surface area contributed by atoms with Crippen LogP contribution in [0.1, 0.15) is 16.1 Å². The molecule has 1 heterocycles. The van der Waals surface area contributed by atoms with Crippen molar-refractivity contribution in [1.82, 2.24) is 5.16 Å². The first-order valence-electron chi connectivity index (χ1n) is 7.47. The van der Waals surface area contributed by atoms with Gasteiger partial charge in [-0.15, -0.1) is 0 Å². The van der Waals surface area contributed by atoms with Gasteiger partial charge in [-0.05, 0) is 49.4 Å². The summed E-state index contributed by atoms with van der Waals surface area (Å²) in [6.45, 7) is 1.69. The van der Waals surface area contributed by atoms with Gasteiger partial charge in [-0.1, -0.05) is 22.8 Å². The Morgan fingerprint density at radius 3 is 2.50 bits per heavy atom. The molecule has 2 N–H and O–H groups in total. The molecule has 9 heteroatoms. The van der Waals surface area contributed by atoms with E-state index in [0.717, 1.165) is 0 Å². The van der Waals surface area contributed by atoms with Crippen molar-refractivity contribution < 1.29 is 17.7 Å². The monoisotopic (exact) mass is 391 g/mol. The van der Waals surface area contributed by atoms with E-state index in [1.807, 2.05) is 0 Å². The number of aryl methyl sites for hydroxylation is 1. The normalized spacial score (nSPS) is 11.2. The lowest BCUT2D eigenvalue weighted by molar-refractivity contribution is 0.102. The van der Waals surface area contributed by atoms with Crippen molar-refractivity contribution in [3.8, 4) is 0 Å². The van der Waals surface area contributed by atoms with Gasteiger partial charge >= 0.3 is 0 Å². The van der Waals surface area contributed by atoms with Gasteiger partial charge in [0.2, 0.25) is 0 Å². The highest BCUT2D eigenvalue weighted by Crippen LogP contribution is 2.19. The van der Waals surface area contributed by atoms with Gasteiger partial charge < -0.3 is 9.84 Å². The molecule has 134 valence electrons. The lowest BCUT2D eigenvalue weighted by Gasteiger charge is -2.09. The summed E-state index contributed by atoms with van der Waals surface area (Å²) in [6, 6.07) is 13.5. The van der Waals surface area contributed by atoms with Gasteiger partial charge in [-0.2, -0.15) is 0 Å². The third-order valence-electron chi connectivity index (χ3n) is 3.37. The Labute approximate surface area is 155 Å². The maximum atomic E-state index is 12.5. The number of nitrogens with zero attached hydrogens (tertiary/aromatic N) is 1. The minimum Gasteiger partial charge on any atom is -0.360 e. The highest BCUT2D eigenvalue weighted by molar-refractivity contribution is 7.92. The Kier molecular flexibility index (Phi) is 4.97. The molecule has 1 amide bonds. The summed E-state index contributed by atoms with van der Waals surface area (Å²) in [6.07, 6.45) is 0. The number of hydrogen-bond acceptors (Lipinski definition) is 5. The molecular formula is C17H14ClN3O4S. The van der Waals surface area contributed by atoms with E-state index < -0.39 is 15.9 Å². The fourth-order valence-corrected chi connectivity index (χ4v) is 3.38. The van der Waals surface area contributed by atoms with E-state index in [-0.39, 0.29) is 16.3 Å². The number of sulfonamides is 1. The third-order valence-corrected chi connectivity index (χ3v) is 5.00. The maximum Gasteiger partial charge on any atom is 0.261 e. The zero-order valence-corrected chi connectivity index (χ0v) is 15.1. The summed E-state index contributed by atoms with van der Waals surface area (Å²) in [4.78, 5) is 12.2. The molecule has 0 spiro atoms. The maximum absolute atomic E-state index is 12.5. The van der Waals surface area contributed by atoms with Crippen LogP contribution >= 0.6 is 11.6 Å². The average Bonchev–Trinajstić information content (AvgIpc) is 3.02. The zero-order valence-electron chi connectivity index (χ0n) is 13.6. The van der Waals surface area contributed by atoms with Gasteiger partial charge in [0.15, 0.2) is 5.82 Å². The largest absolute Gasteiger partial charge is 0.360 e. The van der Waals surface area contributed by atoms with Crippen molar-refractivity contribution in [2.24, 2.45) is 0 Å². The molecule has 3 rings (SSSR count). The summed E-state index contributed by atoms with van der Waals surface area (Å²) in [5.74, 6) is 0.297. The Morgan fingerprint density at radius 1 is 1.12 bits per heavy atom. The number of halogens is 1. The molecule has 26 heavy (non-hydrogen) atoms. The third kappa shape index (κ3) is 4.22. The highest BCUT2D eigenvalue weighted by atomic mass is 35.5. The fraction of sp³-hybridized carbons (Fsp3) is 0.0588. The Morgan fingerprint density at radius 2 is 1.85 bits per heavy atom. The first kappa shape index (κ1) is 18.0. The lowest BCUT2D eigenvalue weighted by atomic mass is 10.2. The van der Waals surface area contributed by atoms with Crippen molar-refractivity contribution in [3.05, 3.63) is 70.9 Å². The minimum atomic E-state index is -3.86. The fourth-order valence-electron chi connectivity index (χ4n) is 2.15. The standard InChI is InChI=1S/C17H14ClN3O4S/c1-11-9-16(20-25-11)19-17(22)12-3-2-4-15(10-12)26(23,24)21-14-7-5-13(18)6-8-14/h2-10,21H,1H3,(H,19,20,22). The molecule has 0 atom stereocenters. The summed E-state index contributed by atoms with van der Waals surface area (Å²) < 4.78 is 32.3. The first-order valence-corrected chi connectivity index (χ1v) is 9.33. The quantitative estimate of drug-likeness (QED) is 0.690. The molecule has 0 unspecified atom stereocenters. The molecule has 7 nitrogen and oxygen atoms in total. The van der Waals surface area contributed by atoms with Crippen molar-refractivity contribution in [2.45, 2.75) is 11.8 Å². The van der Waals surface area contributed by atoms with E-state index >= 15 is 0 Å². The van der Waals surface area contributed by atoms with Crippen molar-refractivity contribution in [2.75, 3.05) is 10.0 Å². The van der Waals surface area contributed by atoms with Gasteiger partial charge in [-0.25, -0.2) is 8.42 Å². The summed E-state index contributed by atoms with van der Waals surface area (Å²) in [5.41, 5.74) is 0.534. The topological polar surface area (TPSA) is 101 Å². The number of aromatic nitrogens is 1. The number of nitrogens with one attached hydrogen (secondary N) is 2. The van der Waals surface area contributed by atoms with Gasteiger partial charge in [0, 0.05) is 22.3 Å². The number of amides is 1. The van der Waals surface area contributed by atoms with E-state index in [4.69, 9.17) is 16.1 Å². The number of carbonyl (C=O) groups is 1. The van der Waals surface area contributed by atoms with E-state index in [1.165, 1.54) is 24.3 Å². The van der Waals surface area contributed by atoms with E-state index in [1.54, 1.807) is 37.3 Å². The second-order valence-electron chi connectivity index (χ2n) is 5.42. The number of benzene rings is 2. The SMILES string of the molecule is Cc1cc(NC(=O)c2cccc(S(=O)(=O)Nc3ccc(Cl)cc3)c2)no1. The van der Waals surface area contributed by atoms with Gasteiger partial charge in [-0.3, -0.25) is 9.52 Å². The summed E-state index contributed by atoms with van der Waals surface area (Å²) >= 11 is 5.79. The molecule has 0 radical (unpaired) electrons. The van der Waals surface area contributed by atoms with E-state index in [0.29, 0.717) is 16.5 Å². The van der Waals surface area contributed by atoms with Gasteiger partial charge in [0.05, 0.1) is 4.90 Å². The second-order valence-corrected chi connectivity index (χ2v) is 7.54. The number of anilines is 2. The van der Waals surface area contributed by atoms with E-state index in [9.17, 15) is 13.2 Å². The number of hydrogen-bond donors (Lipinski definition) is 2.